The molecule has 1 saturated heterocycles. The number of hydrogen-bond acceptors (Lipinski definition) is 14. The van der Waals surface area contributed by atoms with Gasteiger partial charge in [0, 0.05) is 55.8 Å². The zero-order valence-electron chi connectivity index (χ0n) is 61.3. The van der Waals surface area contributed by atoms with Crippen molar-refractivity contribution in [3.05, 3.63) is 0 Å². The summed E-state index contributed by atoms with van der Waals surface area (Å²) in [5.41, 5.74) is 0. The zero-order valence-corrected chi connectivity index (χ0v) is 61.3. The van der Waals surface area contributed by atoms with Crippen LogP contribution in [0.15, 0.2) is 0 Å². The molecular weight excluding hydrogens is 1190 g/mol. The second-order valence-electron chi connectivity index (χ2n) is 28.7. The first-order valence-electron chi connectivity index (χ1n) is 33.9. The number of amides is 11. The number of likely N-dealkylation sites (N-methyl/N-ethyl adjacent to an activating group) is 7. The van der Waals surface area contributed by atoms with Crippen molar-refractivity contribution in [3.8, 4) is 0 Å². The number of ether oxygens (including phenoxy) is 1. The molecule has 0 aliphatic carbocycles. The molecule has 1 heterocycles. The van der Waals surface area contributed by atoms with Gasteiger partial charge in [0.05, 0.1) is 19.3 Å². The molecule has 5 N–H and O–H groups in total. The fraction of sp³-hybridized carbons (Fsp3) is 0.824. The van der Waals surface area contributed by atoms with E-state index in [1.165, 1.54) is 87.7 Å². The van der Waals surface area contributed by atoms with Gasteiger partial charge in [0.1, 0.15) is 60.4 Å². The van der Waals surface area contributed by atoms with Crippen LogP contribution in [0.4, 0.5) is 0 Å². The molecule has 1 aliphatic heterocycles. The van der Waals surface area contributed by atoms with Crippen LogP contribution in [-0.4, -0.2) is 239 Å². The van der Waals surface area contributed by atoms with Crippen molar-refractivity contribution >= 4 is 70.9 Å². The molecule has 0 spiro atoms. The predicted molar refractivity (Wildman–Crippen MR) is 358 cm³/mol. The molecule has 0 aromatic rings. The van der Waals surface area contributed by atoms with Crippen LogP contribution in [0.5, 0.6) is 0 Å². The number of esters is 1. The molecule has 25 heteroatoms. The van der Waals surface area contributed by atoms with Gasteiger partial charge in [-0.3, -0.25) is 57.5 Å². The topological polar surface area (TPSA) is 305 Å². The largest absolute Gasteiger partial charge is 0.466 e. The molecule has 11 amide bonds. The predicted octanol–water partition coefficient (Wildman–Crippen LogP) is 4.45. The quantitative estimate of drug-likeness (QED) is 0.0993. The van der Waals surface area contributed by atoms with Crippen LogP contribution in [0, 0.1) is 47.3 Å². The van der Waals surface area contributed by atoms with Crippen LogP contribution in [0.1, 0.15) is 189 Å². The van der Waals surface area contributed by atoms with Gasteiger partial charge in [-0.05, 0) is 113 Å². The first-order chi connectivity index (χ1) is 43.0. The van der Waals surface area contributed by atoms with Crippen molar-refractivity contribution in [2.45, 2.75) is 255 Å². The molecule has 534 valence electrons. The third-order valence-corrected chi connectivity index (χ3v) is 17.9. The van der Waals surface area contributed by atoms with Gasteiger partial charge in [0.25, 0.3) is 0 Å². The smallest absolute Gasteiger partial charge is 0.305 e. The Bertz CT molecular complexity index is 2510. The standard InChI is InChI=1S/C68H123N11O14/c1-26-44(15)31-32-93-54(81)30-28-29-45(16)58(82)57-62(86)71-48(27-2)64(88)73(19)37-53(80)74(20)49(33-38(3)4)61(85)72-55(42(11)12)67(91)75(21)50(34-39(5)6)60(84)69-46(17)59(83)70-47(18)63(87)76(22)51(35-40(7)8)65(89)77(23)52(36-41(9)10)66(90)78(24)56(43(13)14)68(92)79(57)25/h38-52,55-58,82H,26-37H2,1-25H3,(H,69,84)(H,70,83)(H,71,86)(H,72,85)/t44-,45-,46+,47-,48+,49+,50+,51+,52+,55+,56+,57+,58-/m1/s1. The summed E-state index contributed by atoms with van der Waals surface area (Å²) in [5, 5.41) is 23.3. The van der Waals surface area contributed by atoms with E-state index in [1.54, 1.807) is 41.5 Å². The third kappa shape index (κ3) is 25.4. The summed E-state index contributed by atoms with van der Waals surface area (Å²) < 4.78 is 5.47. The molecule has 93 heavy (non-hydrogen) atoms. The van der Waals surface area contributed by atoms with Gasteiger partial charge in [-0.15, -0.1) is 0 Å². The average molecular weight is 1320 g/mol. The van der Waals surface area contributed by atoms with Crippen molar-refractivity contribution in [3.63, 3.8) is 0 Å². The molecule has 0 unspecified atom stereocenters. The summed E-state index contributed by atoms with van der Waals surface area (Å²) in [7, 11) is 9.82. The number of carbonyl (C=O) groups is 12. The maximum Gasteiger partial charge on any atom is 0.305 e. The van der Waals surface area contributed by atoms with Crippen molar-refractivity contribution < 1.29 is 67.4 Å². The van der Waals surface area contributed by atoms with Gasteiger partial charge in [-0.2, -0.15) is 0 Å². The Morgan fingerprint density at radius 3 is 1.40 bits per heavy atom. The number of nitrogens with zero attached hydrogens (tertiary/aromatic N) is 7. The highest BCUT2D eigenvalue weighted by atomic mass is 16.5. The first-order valence-corrected chi connectivity index (χ1v) is 33.9. The summed E-state index contributed by atoms with van der Waals surface area (Å²) in [4.78, 5) is 183. The second-order valence-corrected chi connectivity index (χ2v) is 28.7. The van der Waals surface area contributed by atoms with E-state index in [4.69, 9.17) is 4.74 Å². The number of hydrogen-bond donors (Lipinski definition) is 5. The number of carbonyl (C=O) groups excluding carboxylic acids is 12. The van der Waals surface area contributed by atoms with E-state index in [0.717, 1.165) is 16.2 Å². The maximum absolute atomic E-state index is 15.3. The molecule has 13 atom stereocenters. The Balaban J connectivity index is 4.32. The fourth-order valence-electron chi connectivity index (χ4n) is 11.6. The maximum atomic E-state index is 15.3. The van der Waals surface area contributed by atoms with Crippen molar-refractivity contribution in [2.75, 3.05) is 62.5 Å². The molecule has 1 rings (SSSR count). The van der Waals surface area contributed by atoms with Crippen molar-refractivity contribution in [2.24, 2.45) is 47.3 Å². The van der Waals surface area contributed by atoms with Gasteiger partial charge in [0.2, 0.25) is 65.0 Å². The van der Waals surface area contributed by atoms with E-state index in [-0.39, 0.29) is 81.6 Å². The van der Waals surface area contributed by atoms with Crippen molar-refractivity contribution in [1.29, 1.82) is 0 Å². The summed E-state index contributed by atoms with van der Waals surface area (Å²) >= 11 is 0. The van der Waals surface area contributed by atoms with E-state index in [9.17, 15) is 43.5 Å². The lowest BCUT2D eigenvalue weighted by molar-refractivity contribution is -0.157. The van der Waals surface area contributed by atoms with Crippen LogP contribution < -0.4 is 21.3 Å². The van der Waals surface area contributed by atoms with E-state index in [1.807, 2.05) is 55.4 Å². The molecule has 1 fully saturated rings. The van der Waals surface area contributed by atoms with Gasteiger partial charge in [0.15, 0.2) is 0 Å². The Labute approximate surface area is 557 Å². The first kappa shape index (κ1) is 84.6. The Morgan fingerprint density at radius 1 is 0.484 bits per heavy atom. The van der Waals surface area contributed by atoms with Crippen LogP contribution in [0.2, 0.25) is 0 Å². The van der Waals surface area contributed by atoms with Gasteiger partial charge < -0.3 is 65.4 Å². The Hall–Kier alpha value is -6.40. The van der Waals surface area contributed by atoms with Crippen LogP contribution in [0.3, 0.4) is 0 Å². The number of aliphatic hydroxyl groups excluding tert-OH is 1. The minimum absolute atomic E-state index is 0.0182. The highest BCUT2D eigenvalue weighted by Crippen LogP contribution is 2.26. The number of aliphatic hydroxyl groups is 1. The summed E-state index contributed by atoms with van der Waals surface area (Å²) in [6.45, 7) is 31.7. The Kier molecular flexibility index (Phi) is 35.9. The van der Waals surface area contributed by atoms with Crippen LogP contribution in [-0.2, 0) is 62.3 Å². The van der Waals surface area contributed by atoms with Gasteiger partial charge >= 0.3 is 5.97 Å². The van der Waals surface area contributed by atoms with Crippen LogP contribution >= 0.6 is 0 Å². The Morgan fingerprint density at radius 2 is 0.925 bits per heavy atom. The fourth-order valence-corrected chi connectivity index (χ4v) is 11.6. The summed E-state index contributed by atoms with van der Waals surface area (Å²) in [6, 6.07) is -12.7. The SMILES string of the molecule is CC[C@@H](C)CCOC(=O)CCC[C@@H](C)[C@@H](O)[C@H]1C(=O)N[C@@H](CC)C(=O)N(C)CC(=O)N(C)[C@@H](CC(C)C)C(=O)N[C@@H](C(C)C)C(=O)N(C)[C@@H](CC(C)C)C(=O)N[C@@H](C)C(=O)N[C@H](C)C(=O)N(C)[C@@H](CC(C)C)C(=O)N(C)[C@@H](CC(C)C)C(=O)N(C)[C@@H](C(C)C)C(=O)N1C. The second kappa shape index (κ2) is 39.5. The van der Waals surface area contributed by atoms with E-state index >= 15 is 19.2 Å². The lowest BCUT2D eigenvalue weighted by Crippen LogP contribution is -2.63. The highest BCUT2D eigenvalue weighted by Gasteiger charge is 2.46. The molecule has 0 saturated carbocycles. The number of nitrogens with one attached hydrogen (secondary N) is 4. The lowest BCUT2D eigenvalue weighted by atomic mass is 9.90. The minimum Gasteiger partial charge on any atom is -0.466 e. The van der Waals surface area contributed by atoms with E-state index in [0.29, 0.717) is 12.3 Å². The molecular formula is C68H123N11O14. The molecule has 0 radical (unpaired) electrons. The molecule has 0 aromatic carbocycles. The van der Waals surface area contributed by atoms with E-state index < -0.39 is 162 Å². The number of rotatable bonds is 21. The van der Waals surface area contributed by atoms with Gasteiger partial charge in [-0.25, -0.2) is 0 Å². The molecule has 25 nitrogen and oxygen atoms in total. The highest BCUT2D eigenvalue weighted by molar-refractivity contribution is 5.99. The normalized spacial score (nSPS) is 25.8. The lowest BCUT2D eigenvalue weighted by Gasteiger charge is -2.41. The molecule has 0 aromatic heterocycles. The zero-order chi connectivity index (χ0) is 72.0. The monoisotopic (exact) mass is 1320 g/mol. The summed E-state index contributed by atoms with van der Waals surface area (Å²) in [6.07, 6.45) is 1.02. The molecule has 0 bridgehead atoms. The molecule has 1 aliphatic rings. The summed E-state index contributed by atoms with van der Waals surface area (Å²) in [5.74, 6) is -10.3. The average Bonchev–Trinajstić information content (AvgIpc) is 0.814. The van der Waals surface area contributed by atoms with Crippen molar-refractivity contribution in [1.82, 2.24) is 55.6 Å². The van der Waals surface area contributed by atoms with E-state index in [2.05, 4.69) is 35.1 Å². The van der Waals surface area contributed by atoms with Crippen LogP contribution in [0.25, 0.3) is 0 Å². The third-order valence-electron chi connectivity index (χ3n) is 17.9. The minimum atomic E-state index is -1.71. The van der Waals surface area contributed by atoms with Gasteiger partial charge in [-0.1, -0.05) is 117 Å².